The molecular formula is C16H28N6O4Si. The highest BCUT2D eigenvalue weighted by molar-refractivity contribution is 6.74. The van der Waals surface area contributed by atoms with Crippen LogP contribution in [0.5, 0.6) is 0 Å². The second-order valence-electron chi connectivity index (χ2n) is 7.58. The molecule has 0 saturated carbocycles. The van der Waals surface area contributed by atoms with Crippen LogP contribution in [0.15, 0.2) is 17.4 Å². The molecule has 1 heterocycles. The van der Waals surface area contributed by atoms with Gasteiger partial charge in [0.25, 0.3) is 0 Å². The molecular weight excluding hydrogens is 368 g/mol. The largest absolute Gasteiger partial charge is 0.464 e. The number of aromatic nitrogens is 2. The number of nitrogens with zero attached hydrogens (tertiary/aromatic N) is 5. The molecule has 1 N–H and O–H groups in total. The smallest absolute Gasteiger partial charge is 0.356 e. The predicted molar refractivity (Wildman–Crippen MR) is 103 cm³/mol. The summed E-state index contributed by atoms with van der Waals surface area (Å²) in [5.41, 5.74) is 8.62. The lowest BCUT2D eigenvalue weighted by Gasteiger charge is -2.39. The highest BCUT2D eigenvalue weighted by Crippen LogP contribution is 2.37. The average molecular weight is 397 g/mol. The Hall–Kier alpha value is -2.36. The molecule has 10 nitrogen and oxygen atoms in total. The summed E-state index contributed by atoms with van der Waals surface area (Å²) in [4.78, 5) is 26.2. The van der Waals surface area contributed by atoms with Gasteiger partial charge in [-0.25, -0.2) is 4.79 Å². The Morgan fingerprint density at radius 2 is 2.11 bits per heavy atom. The minimum absolute atomic E-state index is 0.0321. The molecule has 0 aliphatic carbocycles. The number of carbonyl (C=O) groups excluding carboxylic acids is 2. The third-order valence-corrected chi connectivity index (χ3v) is 9.09. The van der Waals surface area contributed by atoms with Crippen molar-refractivity contribution in [2.75, 3.05) is 20.2 Å². The fourth-order valence-corrected chi connectivity index (χ4v) is 3.41. The zero-order valence-electron chi connectivity index (χ0n) is 16.7. The van der Waals surface area contributed by atoms with E-state index in [0.717, 1.165) is 0 Å². The first-order chi connectivity index (χ1) is 12.5. The summed E-state index contributed by atoms with van der Waals surface area (Å²) in [6.45, 7) is 10.7. The van der Waals surface area contributed by atoms with Gasteiger partial charge in [0.1, 0.15) is 12.2 Å². The molecule has 11 heteroatoms. The van der Waals surface area contributed by atoms with E-state index in [2.05, 4.69) is 54.3 Å². The lowest BCUT2D eigenvalue weighted by Crippen LogP contribution is -2.48. The average Bonchev–Trinajstić information content (AvgIpc) is 3.03. The molecule has 1 rings (SSSR count). The Bertz CT molecular complexity index is 706. The lowest BCUT2D eigenvalue weighted by molar-refractivity contribution is -0.120. The van der Waals surface area contributed by atoms with Gasteiger partial charge < -0.3 is 14.5 Å². The molecule has 0 saturated heterocycles. The fourth-order valence-electron chi connectivity index (χ4n) is 2.07. The van der Waals surface area contributed by atoms with Crippen molar-refractivity contribution in [2.45, 2.75) is 51.6 Å². The highest BCUT2D eigenvalue weighted by Gasteiger charge is 2.39. The Morgan fingerprint density at radius 1 is 1.44 bits per heavy atom. The minimum atomic E-state index is -2.14. The van der Waals surface area contributed by atoms with Crippen LogP contribution in [-0.4, -0.2) is 56.3 Å². The Labute approximate surface area is 160 Å². The van der Waals surface area contributed by atoms with Crippen LogP contribution < -0.4 is 5.32 Å². The first kappa shape index (κ1) is 22.7. The van der Waals surface area contributed by atoms with Gasteiger partial charge in [-0.1, -0.05) is 25.9 Å². The fraction of sp³-hybridized carbons (Fsp3) is 0.688. The maximum Gasteiger partial charge on any atom is 0.356 e. The number of methoxy groups -OCH3 is 1. The topological polar surface area (TPSA) is 131 Å². The van der Waals surface area contributed by atoms with Gasteiger partial charge >= 0.3 is 5.97 Å². The summed E-state index contributed by atoms with van der Waals surface area (Å²) < 4.78 is 12.7. The normalized spacial score (nSPS) is 12.8. The molecule has 0 aromatic carbocycles. The van der Waals surface area contributed by atoms with Crippen LogP contribution in [0.1, 0.15) is 31.3 Å². The van der Waals surface area contributed by atoms with Crippen molar-refractivity contribution in [1.29, 1.82) is 0 Å². The van der Waals surface area contributed by atoms with Gasteiger partial charge in [-0.3, -0.25) is 9.48 Å². The number of ether oxygens (including phenoxy) is 1. The molecule has 1 aromatic rings. The van der Waals surface area contributed by atoms with Gasteiger partial charge in [0.05, 0.1) is 19.8 Å². The van der Waals surface area contributed by atoms with Crippen molar-refractivity contribution in [3.63, 3.8) is 0 Å². The zero-order valence-corrected chi connectivity index (χ0v) is 17.7. The van der Waals surface area contributed by atoms with Crippen LogP contribution in [0.2, 0.25) is 18.1 Å². The van der Waals surface area contributed by atoms with Gasteiger partial charge in [-0.2, -0.15) is 5.10 Å². The van der Waals surface area contributed by atoms with E-state index >= 15 is 0 Å². The molecule has 0 aliphatic heterocycles. The van der Waals surface area contributed by atoms with E-state index in [9.17, 15) is 9.59 Å². The molecule has 27 heavy (non-hydrogen) atoms. The van der Waals surface area contributed by atoms with Crippen LogP contribution in [-0.2, 0) is 20.5 Å². The summed E-state index contributed by atoms with van der Waals surface area (Å²) in [5, 5.41) is 10.1. The van der Waals surface area contributed by atoms with E-state index in [-0.39, 0.29) is 24.7 Å². The molecule has 1 atom stereocenters. The SMILES string of the molecule is COC(=O)c1ccnn1CC(CNC(=O)CN=[N+]=[N-])O[Si](C)(C)C(C)(C)C. The minimum Gasteiger partial charge on any atom is -0.464 e. The Balaban J connectivity index is 2.97. The van der Waals surface area contributed by atoms with Crippen molar-refractivity contribution in [3.8, 4) is 0 Å². The van der Waals surface area contributed by atoms with E-state index in [4.69, 9.17) is 14.7 Å². The molecule has 0 radical (unpaired) electrons. The second kappa shape index (κ2) is 9.54. The van der Waals surface area contributed by atoms with Crippen LogP contribution in [0.25, 0.3) is 10.4 Å². The summed E-state index contributed by atoms with van der Waals surface area (Å²) in [6.07, 6.45) is 1.10. The molecule has 1 amide bonds. The Morgan fingerprint density at radius 3 is 2.67 bits per heavy atom. The number of hydrogen-bond acceptors (Lipinski definition) is 6. The molecule has 0 bridgehead atoms. The maximum absolute atomic E-state index is 11.9. The van der Waals surface area contributed by atoms with E-state index in [1.54, 1.807) is 6.07 Å². The summed E-state index contributed by atoms with van der Waals surface area (Å²) in [6, 6.07) is 1.56. The van der Waals surface area contributed by atoms with E-state index in [0.29, 0.717) is 5.69 Å². The third kappa shape index (κ3) is 6.70. The van der Waals surface area contributed by atoms with Crippen molar-refractivity contribution in [3.05, 3.63) is 28.4 Å². The van der Waals surface area contributed by atoms with Gasteiger partial charge in [0, 0.05) is 17.7 Å². The molecule has 0 aliphatic rings. The van der Waals surface area contributed by atoms with Crippen molar-refractivity contribution < 1.29 is 18.8 Å². The van der Waals surface area contributed by atoms with Crippen LogP contribution in [0.4, 0.5) is 0 Å². The standard InChI is InChI=1S/C16H28N6O4Si/c1-16(2,3)27(5,6)26-12(9-18-14(23)10-19-21-17)11-22-13(7-8-20-22)15(24)25-4/h7-8,12H,9-11H2,1-6H3,(H,18,23). The number of nitrogens with one attached hydrogen (secondary N) is 1. The van der Waals surface area contributed by atoms with Crippen molar-refractivity contribution >= 4 is 20.2 Å². The molecule has 1 unspecified atom stereocenters. The first-order valence-corrected chi connectivity index (χ1v) is 11.5. The molecule has 0 fully saturated rings. The Kier molecular flexibility index (Phi) is 8.01. The zero-order chi connectivity index (χ0) is 20.7. The molecule has 1 aromatic heterocycles. The summed E-state index contributed by atoms with van der Waals surface area (Å²) in [5.74, 6) is -0.892. The molecule has 150 valence electrons. The predicted octanol–water partition coefficient (Wildman–Crippen LogP) is 2.49. The number of carbonyl (C=O) groups is 2. The van der Waals surface area contributed by atoms with Crippen molar-refractivity contribution in [1.82, 2.24) is 15.1 Å². The van der Waals surface area contributed by atoms with Gasteiger partial charge in [-0.05, 0) is 29.7 Å². The van der Waals surface area contributed by atoms with Crippen molar-refractivity contribution in [2.24, 2.45) is 5.11 Å². The second-order valence-corrected chi connectivity index (χ2v) is 12.3. The van der Waals surface area contributed by atoms with E-state index < -0.39 is 26.3 Å². The first-order valence-electron chi connectivity index (χ1n) is 8.57. The molecule has 0 spiro atoms. The highest BCUT2D eigenvalue weighted by atomic mass is 28.4. The lowest BCUT2D eigenvalue weighted by atomic mass is 10.2. The number of azide groups is 1. The van der Waals surface area contributed by atoms with Gasteiger partial charge in [-0.15, -0.1) is 0 Å². The number of hydrogen-bond donors (Lipinski definition) is 1. The summed E-state index contributed by atoms with van der Waals surface area (Å²) >= 11 is 0. The van der Waals surface area contributed by atoms with Gasteiger partial charge in [0.2, 0.25) is 5.91 Å². The van der Waals surface area contributed by atoms with Crippen LogP contribution in [0.3, 0.4) is 0 Å². The van der Waals surface area contributed by atoms with Crippen LogP contribution >= 0.6 is 0 Å². The van der Waals surface area contributed by atoms with E-state index in [1.807, 2.05) is 0 Å². The van der Waals surface area contributed by atoms with E-state index in [1.165, 1.54) is 18.0 Å². The monoisotopic (exact) mass is 396 g/mol. The summed E-state index contributed by atoms with van der Waals surface area (Å²) in [7, 11) is -0.837. The maximum atomic E-state index is 11.9. The quantitative estimate of drug-likeness (QED) is 0.225. The third-order valence-electron chi connectivity index (χ3n) is 4.56. The number of esters is 1. The number of rotatable bonds is 9. The number of amides is 1. The van der Waals surface area contributed by atoms with Crippen LogP contribution in [0, 0.1) is 0 Å². The van der Waals surface area contributed by atoms with Gasteiger partial charge in [0.15, 0.2) is 8.32 Å².